The van der Waals surface area contributed by atoms with Crippen molar-refractivity contribution in [2.75, 3.05) is 44.6 Å². The standard InChI is InChI=1S/C28H30FN7O2/c29-21-6-3-4-19(14-21)10-11-33-27-24(8-9-25(35-27)23-7-2-1-5-20(23)15-30)28(38)34-17-22-18-36(13-12-32-22)26(37)16-31/h1-9,14,22,32H,10-13,16-18,31H2,(H,33,35)(H,34,38). The van der Waals surface area contributed by atoms with E-state index in [-0.39, 0.29) is 30.2 Å². The van der Waals surface area contributed by atoms with Crippen molar-refractivity contribution in [3.05, 3.63) is 83.2 Å². The number of nitriles is 1. The maximum Gasteiger partial charge on any atom is 0.255 e. The van der Waals surface area contributed by atoms with Crippen LogP contribution in [0.3, 0.4) is 0 Å². The number of anilines is 1. The first-order valence-electron chi connectivity index (χ1n) is 12.5. The summed E-state index contributed by atoms with van der Waals surface area (Å²) in [6.07, 6.45) is 0.524. The number of halogens is 1. The highest BCUT2D eigenvalue weighted by molar-refractivity contribution is 5.99. The third-order valence-electron chi connectivity index (χ3n) is 6.35. The number of hydrogen-bond donors (Lipinski definition) is 4. The molecule has 9 nitrogen and oxygen atoms in total. The lowest BCUT2D eigenvalue weighted by molar-refractivity contribution is -0.130. The molecular formula is C28H30FN7O2. The highest BCUT2D eigenvalue weighted by Gasteiger charge is 2.23. The Bertz CT molecular complexity index is 1340. The summed E-state index contributed by atoms with van der Waals surface area (Å²) in [6, 6.07) is 18.9. The highest BCUT2D eigenvalue weighted by atomic mass is 19.1. The van der Waals surface area contributed by atoms with E-state index >= 15 is 0 Å². The van der Waals surface area contributed by atoms with Gasteiger partial charge in [-0.2, -0.15) is 5.26 Å². The van der Waals surface area contributed by atoms with Crippen LogP contribution in [0.25, 0.3) is 11.3 Å². The van der Waals surface area contributed by atoms with Gasteiger partial charge in [0.2, 0.25) is 5.91 Å². The van der Waals surface area contributed by atoms with Gasteiger partial charge in [0.1, 0.15) is 11.6 Å². The number of nitrogens with two attached hydrogens (primary N) is 1. The van der Waals surface area contributed by atoms with E-state index in [0.717, 1.165) is 5.56 Å². The average molecular weight is 516 g/mol. The minimum atomic E-state index is -0.324. The van der Waals surface area contributed by atoms with Crippen LogP contribution < -0.4 is 21.7 Å². The molecule has 1 aromatic heterocycles. The van der Waals surface area contributed by atoms with Crippen LogP contribution in [0.1, 0.15) is 21.5 Å². The molecule has 1 aliphatic heterocycles. The van der Waals surface area contributed by atoms with E-state index in [1.807, 2.05) is 12.1 Å². The van der Waals surface area contributed by atoms with E-state index in [9.17, 15) is 19.2 Å². The van der Waals surface area contributed by atoms with Crippen LogP contribution >= 0.6 is 0 Å². The first kappa shape index (κ1) is 26.7. The lowest BCUT2D eigenvalue weighted by Gasteiger charge is -2.33. The molecule has 4 rings (SSSR count). The maximum atomic E-state index is 13.6. The van der Waals surface area contributed by atoms with Crippen molar-refractivity contribution in [3.63, 3.8) is 0 Å². The Labute approximate surface area is 220 Å². The number of rotatable bonds is 9. The molecule has 0 radical (unpaired) electrons. The number of carbonyl (C=O) groups excluding carboxylic acids is 2. The van der Waals surface area contributed by atoms with Gasteiger partial charge in [-0.05, 0) is 42.3 Å². The SMILES string of the molecule is N#Cc1ccccc1-c1ccc(C(=O)NCC2CN(C(=O)CN)CCN2)c(NCCc2cccc(F)c2)n1. The first-order chi connectivity index (χ1) is 18.5. The average Bonchev–Trinajstić information content (AvgIpc) is 2.95. The first-order valence-corrected chi connectivity index (χ1v) is 12.5. The van der Waals surface area contributed by atoms with E-state index in [1.54, 1.807) is 41.3 Å². The van der Waals surface area contributed by atoms with Crippen molar-refractivity contribution in [2.45, 2.75) is 12.5 Å². The fourth-order valence-electron chi connectivity index (χ4n) is 4.38. The van der Waals surface area contributed by atoms with E-state index in [4.69, 9.17) is 5.73 Å². The molecule has 1 fully saturated rings. The minimum Gasteiger partial charge on any atom is -0.369 e. The lowest BCUT2D eigenvalue weighted by Crippen LogP contribution is -2.57. The summed E-state index contributed by atoms with van der Waals surface area (Å²) in [6.45, 7) is 2.34. The summed E-state index contributed by atoms with van der Waals surface area (Å²) in [5.74, 6) is -0.389. The van der Waals surface area contributed by atoms with E-state index in [1.165, 1.54) is 12.1 Å². The molecule has 0 aliphatic carbocycles. The quantitative estimate of drug-likeness (QED) is 0.342. The Hall–Kier alpha value is -4.33. The molecule has 0 saturated carbocycles. The zero-order valence-corrected chi connectivity index (χ0v) is 20.9. The molecular weight excluding hydrogens is 485 g/mol. The molecule has 1 atom stereocenters. The summed E-state index contributed by atoms with van der Waals surface area (Å²) in [5.41, 5.74) is 8.33. The van der Waals surface area contributed by atoms with Gasteiger partial charge in [-0.3, -0.25) is 9.59 Å². The summed E-state index contributed by atoms with van der Waals surface area (Å²) in [5, 5.41) is 19.0. The van der Waals surface area contributed by atoms with Gasteiger partial charge in [-0.25, -0.2) is 9.37 Å². The molecule has 5 N–H and O–H groups in total. The van der Waals surface area contributed by atoms with Gasteiger partial charge >= 0.3 is 0 Å². The second kappa shape index (κ2) is 12.8. The van der Waals surface area contributed by atoms with Gasteiger partial charge in [-0.1, -0.05) is 30.3 Å². The van der Waals surface area contributed by atoms with Crippen LogP contribution in [0.15, 0.2) is 60.7 Å². The maximum absolute atomic E-state index is 13.6. The fraction of sp³-hybridized carbons (Fsp3) is 0.286. The number of carbonyl (C=O) groups is 2. The Morgan fingerprint density at radius 3 is 2.82 bits per heavy atom. The molecule has 1 unspecified atom stereocenters. The molecule has 2 amide bonds. The van der Waals surface area contributed by atoms with Gasteiger partial charge in [0.05, 0.1) is 29.4 Å². The molecule has 0 spiro atoms. The molecule has 0 bridgehead atoms. The summed E-state index contributed by atoms with van der Waals surface area (Å²) < 4.78 is 13.6. The third kappa shape index (κ3) is 6.70. The molecule has 2 heterocycles. The summed E-state index contributed by atoms with van der Waals surface area (Å²) in [7, 11) is 0. The summed E-state index contributed by atoms with van der Waals surface area (Å²) >= 11 is 0. The van der Waals surface area contributed by atoms with Crippen molar-refractivity contribution < 1.29 is 14.0 Å². The predicted molar refractivity (Wildman–Crippen MR) is 143 cm³/mol. The van der Waals surface area contributed by atoms with E-state index in [2.05, 4.69) is 27.0 Å². The van der Waals surface area contributed by atoms with Crippen LogP contribution in [0, 0.1) is 17.1 Å². The lowest BCUT2D eigenvalue weighted by atomic mass is 10.0. The zero-order chi connectivity index (χ0) is 26.9. The smallest absolute Gasteiger partial charge is 0.255 e. The molecule has 38 heavy (non-hydrogen) atoms. The molecule has 3 aromatic rings. The van der Waals surface area contributed by atoms with Gasteiger partial charge in [-0.15, -0.1) is 0 Å². The van der Waals surface area contributed by atoms with Crippen molar-refractivity contribution in [1.82, 2.24) is 20.5 Å². The zero-order valence-electron chi connectivity index (χ0n) is 20.9. The number of benzene rings is 2. The molecule has 196 valence electrons. The second-order valence-electron chi connectivity index (χ2n) is 8.96. The van der Waals surface area contributed by atoms with E-state index in [0.29, 0.717) is 67.3 Å². The molecule has 2 aromatic carbocycles. The second-order valence-corrected chi connectivity index (χ2v) is 8.96. The Morgan fingerprint density at radius 1 is 1.18 bits per heavy atom. The summed E-state index contributed by atoms with van der Waals surface area (Å²) in [4.78, 5) is 31.5. The minimum absolute atomic E-state index is 0.0450. The number of nitrogens with zero attached hydrogens (tertiary/aromatic N) is 3. The molecule has 10 heteroatoms. The number of pyridine rings is 1. The Kier molecular flexibility index (Phi) is 8.98. The molecule has 1 aliphatic rings. The van der Waals surface area contributed by atoms with Crippen molar-refractivity contribution in [3.8, 4) is 17.3 Å². The Balaban J connectivity index is 1.51. The largest absolute Gasteiger partial charge is 0.369 e. The number of aromatic nitrogens is 1. The highest BCUT2D eigenvalue weighted by Crippen LogP contribution is 2.25. The van der Waals surface area contributed by atoms with Crippen LogP contribution in [0.2, 0.25) is 0 Å². The Morgan fingerprint density at radius 2 is 2.03 bits per heavy atom. The van der Waals surface area contributed by atoms with Crippen molar-refractivity contribution in [2.24, 2.45) is 5.73 Å². The number of nitrogens with one attached hydrogen (secondary N) is 3. The normalized spacial score (nSPS) is 15.0. The van der Waals surface area contributed by atoms with Crippen LogP contribution in [0.5, 0.6) is 0 Å². The third-order valence-corrected chi connectivity index (χ3v) is 6.35. The van der Waals surface area contributed by atoms with Gasteiger partial charge in [0.25, 0.3) is 5.91 Å². The van der Waals surface area contributed by atoms with Gasteiger partial charge in [0, 0.05) is 44.3 Å². The van der Waals surface area contributed by atoms with Gasteiger partial charge in [0.15, 0.2) is 0 Å². The monoisotopic (exact) mass is 515 g/mol. The number of amides is 2. The van der Waals surface area contributed by atoms with E-state index < -0.39 is 0 Å². The van der Waals surface area contributed by atoms with Crippen LogP contribution in [-0.2, 0) is 11.2 Å². The van der Waals surface area contributed by atoms with Crippen LogP contribution in [0.4, 0.5) is 10.2 Å². The van der Waals surface area contributed by atoms with Crippen LogP contribution in [-0.4, -0.2) is 67.0 Å². The topological polar surface area (TPSA) is 136 Å². The number of piperazine rings is 1. The van der Waals surface area contributed by atoms with Crippen molar-refractivity contribution >= 4 is 17.6 Å². The number of hydrogen-bond acceptors (Lipinski definition) is 7. The van der Waals surface area contributed by atoms with Gasteiger partial charge < -0.3 is 26.6 Å². The predicted octanol–water partition coefficient (Wildman–Crippen LogP) is 1.90. The van der Waals surface area contributed by atoms with Crippen molar-refractivity contribution in [1.29, 1.82) is 5.26 Å². The fourth-order valence-corrected chi connectivity index (χ4v) is 4.38. The molecule has 1 saturated heterocycles.